The number of halogens is 1. The molecule has 2 saturated heterocycles. The van der Waals surface area contributed by atoms with Gasteiger partial charge in [-0.15, -0.1) is 0 Å². The first-order valence-electron chi connectivity index (χ1n) is 6.42. The van der Waals surface area contributed by atoms with Gasteiger partial charge in [-0.1, -0.05) is 0 Å². The monoisotopic (exact) mass is 301 g/mol. The average molecular weight is 301 g/mol. The summed E-state index contributed by atoms with van der Waals surface area (Å²) in [5.41, 5.74) is -0.262. The molecule has 7 heteroatoms. The van der Waals surface area contributed by atoms with Crippen LogP contribution < -0.4 is 0 Å². The fourth-order valence-electron chi connectivity index (χ4n) is 2.87. The molecule has 1 unspecified atom stereocenters. The first kappa shape index (κ1) is 13.9. The van der Waals surface area contributed by atoms with Crippen LogP contribution in [0.25, 0.3) is 0 Å². The van der Waals surface area contributed by atoms with Gasteiger partial charge in [0.05, 0.1) is 18.1 Å². The van der Waals surface area contributed by atoms with Gasteiger partial charge in [-0.3, -0.25) is 0 Å². The summed E-state index contributed by atoms with van der Waals surface area (Å²) >= 11 is 0. The molecule has 0 aliphatic carbocycles. The van der Waals surface area contributed by atoms with E-state index in [-0.39, 0.29) is 29.4 Å². The van der Waals surface area contributed by atoms with Gasteiger partial charge in [0.25, 0.3) is 0 Å². The number of aliphatic hydroxyl groups excluding tert-OH is 1. The predicted octanol–water partition coefficient (Wildman–Crippen LogP) is 0.455. The fourth-order valence-corrected chi connectivity index (χ4v) is 4.45. The Bertz CT molecular complexity index is 597. The Morgan fingerprint density at radius 2 is 2.00 bits per heavy atom. The van der Waals surface area contributed by atoms with Crippen molar-refractivity contribution in [3.8, 4) is 0 Å². The Morgan fingerprint density at radius 3 is 2.45 bits per heavy atom. The van der Waals surface area contributed by atoms with Crippen LogP contribution >= 0.6 is 0 Å². The molecule has 1 aromatic rings. The first-order valence-corrected chi connectivity index (χ1v) is 7.86. The van der Waals surface area contributed by atoms with E-state index in [1.807, 2.05) is 0 Å². The Labute approximate surface area is 117 Å². The molecule has 0 amide bonds. The van der Waals surface area contributed by atoms with Crippen LogP contribution in [0.5, 0.6) is 0 Å². The van der Waals surface area contributed by atoms with Gasteiger partial charge in [0.2, 0.25) is 10.0 Å². The van der Waals surface area contributed by atoms with Crippen LogP contribution in [0.1, 0.15) is 0 Å². The minimum absolute atomic E-state index is 0.0567. The van der Waals surface area contributed by atoms with E-state index in [0.29, 0.717) is 19.8 Å². The number of benzene rings is 1. The molecule has 0 bridgehead atoms. The van der Waals surface area contributed by atoms with Crippen molar-refractivity contribution in [1.82, 2.24) is 4.31 Å². The molecule has 2 aliphatic rings. The molecule has 2 aliphatic heterocycles. The van der Waals surface area contributed by atoms with E-state index < -0.39 is 15.8 Å². The third-order valence-electron chi connectivity index (χ3n) is 4.23. The summed E-state index contributed by atoms with van der Waals surface area (Å²) in [5.74, 6) is -0.575. The number of aliphatic hydroxyl groups is 1. The van der Waals surface area contributed by atoms with Gasteiger partial charge in [0, 0.05) is 31.0 Å². The maximum absolute atomic E-state index is 12.9. The van der Waals surface area contributed by atoms with Crippen molar-refractivity contribution in [2.45, 2.75) is 4.90 Å². The van der Waals surface area contributed by atoms with Crippen LogP contribution in [0.15, 0.2) is 29.2 Å². The van der Waals surface area contributed by atoms with E-state index in [1.54, 1.807) is 0 Å². The molecule has 2 fully saturated rings. The van der Waals surface area contributed by atoms with E-state index in [1.165, 1.54) is 16.4 Å². The molecule has 110 valence electrons. The predicted molar refractivity (Wildman–Crippen MR) is 69.0 cm³/mol. The highest BCUT2D eigenvalue weighted by molar-refractivity contribution is 7.89. The smallest absolute Gasteiger partial charge is 0.243 e. The van der Waals surface area contributed by atoms with Crippen LogP contribution in [0.3, 0.4) is 0 Å². The zero-order valence-electron chi connectivity index (χ0n) is 10.8. The molecule has 0 aromatic heterocycles. The highest BCUT2D eigenvalue weighted by Crippen LogP contribution is 2.43. The quantitative estimate of drug-likeness (QED) is 0.880. The van der Waals surface area contributed by atoms with Gasteiger partial charge in [0.15, 0.2) is 0 Å². The van der Waals surface area contributed by atoms with Crippen molar-refractivity contribution in [3.63, 3.8) is 0 Å². The third-order valence-corrected chi connectivity index (χ3v) is 6.06. The normalized spacial score (nSPS) is 25.8. The largest absolute Gasteiger partial charge is 0.396 e. The van der Waals surface area contributed by atoms with Crippen LogP contribution in [0.2, 0.25) is 0 Å². The summed E-state index contributed by atoms with van der Waals surface area (Å²) in [7, 11) is -3.65. The molecule has 1 aromatic carbocycles. The van der Waals surface area contributed by atoms with E-state index >= 15 is 0 Å². The second-order valence-electron chi connectivity index (χ2n) is 5.49. The number of hydrogen-bond donors (Lipinski definition) is 1. The molecular weight excluding hydrogens is 285 g/mol. The summed E-state index contributed by atoms with van der Waals surface area (Å²) in [6.07, 6.45) is 0. The minimum atomic E-state index is -3.65. The van der Waals surface area contributed by atoms with E-state index in [0.717, 1.165) is 12.1 Å². The number of rotatable bonds is 3. The van der Waals surface area contributed by atoms with Crippen molar-refractivity contribution in [1.29, 1.82) is 0 Å². The van der Waals surface area contributed by atoms with Crippen molar-refractivity contribution in [3.05, 3.63) is 30.1 Å². The maximum Gasteiger partial charge on any atom is 0.243 e. The summed E-state index contributed by atoms with van der Waals surface area (Å²) in [6, 6.07) is 4.80. The van der Waals surface area contributed by atoms with Gasteiger partial charge in [-0.2, -0.15) is 4.31 Å². The number of sulfonamides is 1. The molecule has 5 nitrogen and oxygen atoms in total. The zero-order valence-corrected chi connectivity index (χ0v) is 11.6. The Kier molecular flexibility index (Phi) is 3.32. The summed E-state index contributed by atoms with van der Waals surface area (Å²) < 4.78 is 44.5. The van der Waals surface area contributed by atoms with Crippen LogP contribution in [-0.2, 0) is 14.8 Å². The lowest BCUT2D eigenvalue weighted by molar-refractivity contribution is -0.133. The van der Waals surface area contributed by atoms with E-state index in [4.69, 9.17) is 4.74 Å². The number of hydrogen-bond acceptors (Lipinski definition) is 4. The molecule has 3 rings (SSSR count). The lowest BCUT2D eigenvalue weighted by Crippen LogP contribution is -2.50. The first-order chi connectivity index (χ1) is 9.48. The zero-order chi connectivity index (χ0) is 14.4. The van der Waals surface area contributed by atoms with Crippen LogP contribution in [-0.4, -0.2) is 50.7 Å². The number of nitrogens with zero attached hydrogens (tertiary/aromatic N) is 1. The Hall–Kier alpha value is -1.02. The standard InChI is InChI=1S/C13H16FNO4S/c14-11-1-3-12(4-2-11)20(17,18)15-5-10(6-16)13(7-15)8-19-9-13/h1-4,10,16H,5-9H2. The number of ether oxygens (including phenoxy) is 1. The van der Waals surface area contributed by atoms with Crippen molar-refractivity contribution >= 4 is 10.0 Å². The minimum Gasteiger partial charge on any atom is -0.396 e. The lowest BCUT2D eigenvalue weighted by atomic mass is 9.77. The fraction of sp³-hybridized carbons (Fsp3) is 0.538. The van der Waals surface area contributed by atoms with Gasteiger partial charge < -0.3 is 9.84 Å². The van der Waals surface area contributed by atoms with E-state index in [2.05, 4.69) is 0 Å². The Morgan fingerprint density at radius 1 is 1.35 bits per heavy atom. The van der Waals surface area contributed by atoms with Gasteiger partial charge in [0.1, 0.15) is 5.82 Å². The summed E-state index contributed by atoms with van der Waals surface area (Å²) in [5, 5.41) is 9.43. The maximum atomic E-state index is 12.9. The van der Waals surface area contributed by atoms with Gasteiger partial charge in [-0.05, 0) is 24.3 Å². The molecule has 1 spiro atoms. The molecular formula is C13H16FNO4S. The van der Waals surface area contributed by atoms with Crippen LogP contribution in [0, 0.1) is 17.2 Å². The molecule has 0 saturated carbocycles. The second kappa shape index (κ2) is 4.77. The van der Waals surface area contributed by atoms with Crippen molar-refractivity contribution < 1.29 is 22.7 Å². The lowest BCUT2D eigenvalue weighted by Gasteiger charge is -2.41. The summed E-state index contributed by atoms with van der Waals surface area (Å²) in [6.45, 7) is 1.53. The van der Waals surface area contributed by atoms with Crippen LogP contribution in [0.4, 0.5) is 4.39 Å². The molecule has 20 heavy (non-hydrogen) atoms. The Balaban J connectivity index is 1.87. The average Bonchev–Trinajstić information content (AvgIpc) is 2.79. The van der Waals surface area contributed by atoms with Gasteiger partial charge >= 0.3 is 0 Å². The summed E-state index contributed by atoms with van der Waals surface area (Å²) in [4.78, 5) is 0.0767. The molecule has 2 heterocycles. The molecule has 0 radical (unpaired) electrons. The SMILES string of the molecule is O=S(=O)(c1ccc(F)cc1)N1CC(CO)C2(COC2)C1. The highest BCUT2D eigenvalue weighted by atomic mass is 32.2. The van der Waals surface area contributed by atoms with E-state index in [9.17, 15) is 17.9 Å². The third kappa shape index (κ3) is 2.05. The molecule has 1 atom stereocenters. The molecule has 1 N–H and O–H groups in total. The van der Waals surface area contributed by atoms with Crippen molar-refractivity contribution in [2.24, 2.45) is 11.3 Å². The second-order valence-corrected chi connectivity index (χ2v) is 7.42. The highest BCUT2D eigenvalue weighted by Gasteiger charge is 2.54. The van der Waals surface area contributed by atoms with Crippen molar-refractivity contribution in [2.75, 3.05) is 32.9 Å². The van der Waals surface area contributed by atoms with Gasteiger partial charge in [-0.25, -0.2) is 12.8 Å². The topological polar surface area (TPSA) is 66.8 Å².